The number of benzene rings is 2. The van der Waals surface area contributed by atoms with Gasteiger partial charge in [-0.25, -0.2) is 0 Å². The molecule has 0 spiro atoms. The van der Waals surface area contributed by atoms with Crippen LogP contribution in [0.25, 0.3) is 0 Å². The van der Waals surface area contributed by atoms with E-state index in [4.69, 9.17) is 10.5 Å². The fourth-order valence-corrected chi connectivity index (χ4v) is 4.72. The maximum Gasteiger partial charge on any atom is 0.416 e. The number of halogens is 3. The molecular formula is C31H32F3N5O3. The molecular weight excluding hydrogens is 547 g/mol. The predicted octanol–water partition coefficient (Wildman–Crippen LogP) is 4.31. The molecule has 11 heteroatoms. The number of nitrogens with one attached hydrogen (secondary N) is 1. The first-order valence-corrected chi connectivity index (χ1v) is 13.3. The van der Waals surface area contributed by atoms with Crippen LogP contribution in [0, 0.1) is 24.7 Å². The lowest BCUT2D eigenvalue weighted by atomic mass is 10.0. The second-order valence-corrected chi connectivity index (χ2v) is 10.5. The van der Waals surface area contributed by atoms with Crippen molar-refractivity contribution in [3.63, 3.8) is 0 Å². The van der Waals surface area contributed by atoms with E-state index in [0.29, 0.717) is 41.6 Å². The van der Waals surface area contributed by atoms with Gasteiger partial charge in [0.05, 0.1) is 11.8 Å². The number of hydrogen-bond donors (Lipinski definition) is 2. The van der Waals surface area contributed by atoms with Crippen molar-refractivity contribution in [3.05, 3.63) is 82.7 Å². The van der Waals surface area contributed by atoms with Crippen LogP contribution in [0.5, 0.6) is 5.75 Å². The van der Waals surface area contributed by atoms with Gasteiger partial charge in [0.25, 0.3) is 11.8 Å². The van der Waals surface area contributed by atoms with Crippen LogP contribution in [-0.2, 0) is 11.0 Å². The molecule has 0 aliphatic carbocycles. The molecule has 1 aliphatic rings. The number of aromatic nitrogens is 1. The Balaban J connectivity index is 1.54. The first kappa shape index (κ1) is 30.4. The van der Waals surface area contributed by atoms with E-state index in [-0.39, 0.29) is 17.9 Å². The lowest BCUT2D eigenvalue weighted by Gasteiger charge is -2.22. The number of nitrogens with zero attached hydrogens (tertiary/aromatic N) is 3. The van der Waals surface area contributed by atoms with Crippen molar-refractivity contribution in [2.24, 2.45) is 11.7 Å². The second-order valence-electron chi connectivity index (χ2n) is 10.5. The van der Waals surface area contributed by atoms with Crippen molar-refractivity contribution in [1.82, 2.24) is 9.88 Å². The Morgan fingerprint density at radius 2 is 1.93 bits per heavy atom. The molecule has 8 nitrogen and oxygen atoms in total. The Bertz CT molecular complexity index is 1530. The van der Waals surface area contributed by atoms with E-state index >= 15 is 0 Å². The van der Waals surface area contributed by atoms with E-state index in [2.05, 4.69) is 27.0 Å². The van der Waals surface area contributed by atoms with Gasteiger partial charge in [0.15, 0.2) is 6.61 Å². The fraction of sp³-hybridized carbons (Fsp3) is 0.323. The number of anilines is 2. The summed E-state index contributed by atoms with van der Waals surface area (Å²) in [6, 6.07) is 10.2. The minimum atomic E-state index is -4.57. The number of amides is 2. The average Bonchev–Trinajstić information content (AvgIpc) is 3.39. The number of carbonyl (C=O) groups is 2. The molecule has 2 heterocycles. The summed E-state index contributed by atoms with van der Waals surface area (Å²) in [5, 5.41) is 2.64. The summed E-state index contributed by atoms with van der Waals surface area (Å²) in [4.78, 5) is 32.2. The van der Waals surface area contributed by atoms with Gasteiger partial charge in [-0.2, -0.15) is 13.2 Å². The SMILES string of the molecule is Cc1ccc(C(=O)Nc2cc(N3CC[C@@H](CN(C)C)C3)cc(C(F)(F)F)c2)cc1C#Cc1cncc(OCC(N)=O)c1. The summed E-state index contributed by atoms with van der Waals surface area (Å²) in [7, 11) is 3.95. The lowest BCUT2D eigenvalue weighted by Crippen LogP contribution is -2.26. The normalized spacial score (nSPS) is 14.8. The molecule has 1 aliphatic heterocycles. The number of primary amides is 1. The number of ether oxygens (including phenoxy) is 1. The van der Waals surface area contributed by atoms with E-state index < -0.39 is 23.6 Å². The van der Waals surface area contributed by atoms with Gasteiger partial charge in [-0.3, -0.25) is 14.6 Å². The van der Waals surface area contributed by atoms with Crippen molar-refractivity contribution >= 4 is 23.2 Å². The first-order valence-electron chi connectivity index (χ1n) is 13.3. The number of carbonyl (C=O) groups excluding carboxylic acids is 2. The van der Waals surface area contributed by atoms with Crippen molar-refractivity contribution in [2.45, 2.75) is 19.5 Å². The molecule has 3 N–H and O–H groups in total. The van der Waals surface area contributed by atoms with Gasteiger partial charge >= 0.3 is 6.18 Å². The smallest absolute Gasteiger partial charge is 0.416 e. The molecule has 2 aromatic carbocycles. The highest BCUT2D eigenvalue weighted by Gasteiger charge is 2.33. The molecule has 0 radical (unpaired) electrons. The largest absolute Gasteiger partial charge is 0.482 e. The van der Waals surface area contributed by atoms with Gasteiger partial charge in [-0.05, 0) is 75.3 Å². The molecule has 0 bridgehead atoms. The minimum Gasteiger partial charge on any atom is -0.482 e. The molecule has 3 aromatic rings. The van der Waals surface area contributed by atoms with Crippen LogP contribution in [-0.4, -0.2) is 62.0 Å². The standard InChI is InChI=1S/C31H32F3N5O3/c1-20-4-6-24(11-23(20)7-5-21-10-28(16-36-15-21)42-19-29(35)40)30(41)37-26-12-25(31(32,33)34)13-27(14-26)39-9-8-22(18-39)17-38(2)3/h4,6,10-16,22H,8-9,17-19H2,1-3H3,(H2,35,40)(H,37,41)/t22-/m0/s1. The van der Waals surface area contributed by atoms with Crippen molar-refractivity contribution < 1.29 is 27.5 Å². The Kier molecular flexibility index (Phi) is 9.38. The highest BCUT2D eigenvalue weighted by Crippen LogP contribution is 2.36. The van der Waals surface area contributed by atoms with Gasteiger partial charge in [-0.15, -0.1) is 0 Å². The molecule has 0 unspecified atom stereocenters. The Hall–Kier alpha value is -4.56. The number of alkyl halides is 3. The molecule has 220 valence electrons. The fourth-order valence-electron chi connectivity index (χ4n) is 4.72. The molecule has 0 saturated carbocycles. The van der Waals surface area contributed by atoms with Crippen LogP contribution in [0.2, 0.25) is 0 Å². The highest BCUT2D eigenvalue weighted by molar-refractivity contribution is 6.04. The average molecular weight is 580 g/mol. The van der Waals surface area contributed by atoms with E-state index in [1.165, 1.54) is 12.4 Å². The number of aryl methyl sites for hydroxylation is 1. The maximum atomic E-state index is 13.8. The van der Waals surface area contributed by atoms with Gasteiger partial charge in [-0.1, -0.05) is 17.9 Å². The van der Waals surface area contributed by atoms with Gasteiger partial charge < -0.3 is 25.6 Å². The van der Waals surface area contributed by atoms with Gasteiger partial charge in [0, 0.05) is 53.9 Å². The molecule has 4 rings (SSSR count). The van der Waals surface area contributed by atoms with E-state index in [9.17, 15) is 22.8 Å². The third-order valence-electron chi connectivity index (χ3n) is 6.71. The van der Waals surface area contributed by atoms with Crippen LogP contribution in [0.3, 0.4) is 0 Å². The molecule has 1 atom stereocenters. The first-order chi connectivity index (χ1) is 19.9. The second kappa shape index (κ2) is 13.0. The zero-order valence-corrected chi connectivity index (χ0v) is 23.6. The third kappa shape index (κ3) is 8.24. The monoisotopic (exact) mass is 579 g/mol. The summed E-state index contributed by atoms with van der Waals surface area (Å²) in [6.07, 6.45) is -0.744. The van der Waals surface area contributed by atoms with Crippen molar-refractivity contribution in [1.29, 1.82) is 0 Å². The Morgan fingerprint density at radius 3 is 2.64 bits per heavy atom. The molecule has 1 saturated heterocycles. The quantitative estimate of drug-likeness (QED) is 0.386. The summed E-state index contributed by atoms with van der Waals surface area (Å²) < 4.78 is 46.6. The predicted molar refractivity (Wildman–Crippen MR) is 154 cm³/mol. The highest BCUT2D eigenvalue weighted by atomic mass is 19.4. The molecule has 2 amide bonds. The van der Waals surface area contributed by atoms with Gasteiger partial charge in [0.1, 0.15) is 5.75 Å². The zero-order valence-electron chi connectivity index (χ0n) is 23.6. The number of pyridine rings is 1. The van der Waals surface area contributed by atoms with E-state index in [0.717, 1.165) is 30.7 Å². The van der Waals surface area contributed by atoms with Crippen LogP contribution < -0.4 is 20.7 Å². The number of rotatable bonds is 8. The molecule has 42 heavy (non-hydrogen) atoms. The third-order valence-corrected chi connectivity index (χ3v) is 6.71. The number of nitrogens with two attached hydrogens (primary N) is 1. The van der Waals surface area contributed by atoms with Crippen molar-refractivity contribution in [3.8, 4) is 17.6 Å². The lowest BCUT2D eigenvalue weighted by molar-refractivity contribution is -0.137. The topological polar surface area (TPSA) is 101 Å². The van der Waals surface area contributed by atoms with E-state index in [1.807, 2.05) is 25.9 Å². The summed E-state index contributed by atoms with van der Waals surface area (Å²) in [6.45, 7) is 3.67. The maximum absolute atomic E-state index is 13.8. The number of hydrogen-bond acceptors (Lipinski definition) is 6. The zero-order chi connectivity index (χ0) is 30.4. The minimum absolute atomic E-state index is 0.0629. The van der Waals surface area contributed by atoms with Gasteiger partial charge in [0.2, 0.25) is 0 Å². The van der Waals surface area contributed by atoms with Crippen LogP contribution in [0.1, 0.15) is 39.0 Å². The Morgan fingerprint density at radius 1 is 1.14 bits per heavy atom. The summed E-state index contributed by atoms with van der Waals surface area (Å²) in [5.74, 6) is 5.44. The molecule has 1 aromatic heterocycles. The molecule has 1 fully saturated rings. The summed E-state index contributed by atoms with van der Waals surface area (Å²) >= 11 is 0. The summed E-state index contributed by atoms with van der Waals surface area (Å²) in [5.41, 5.74) is 6.88. The Labute approximate surface area is 242 Å². The van der Waals surface area contributed by atoms with Crippen LogP contribution in [0.15, 0.2) is 54.9 Å². The van der Waals surface area contributed by atoms with Crippen LogP contribution >= 0.6 is 0 Å². The van der Waals surface area contributed by atoms with Crippen LogP contribution in [0.4, 0.5) is 24.5 Å². The van der Waals surface area contributed by atoms with Crippen molar-refractivity contribution in [2.75, 3.05) is 50.6 Å². The van der Waals surface area contributed by atoms with E-state index in [1.54, 1.807) is 30.3 Å².